The van der Waals surface area contributed by atoms with Gasteiger partial charge in [-0.3, -0.25) is 9.97 Å². The van der Waals surface area contributed by atoms with Gasteiger partial charge in [-0.15, -0.1) is 20.4 Å². The van der Waals surface area contributed by atoms with E-state index in [-0.39, 0.29) is 21.1 Å². The average Bonchev–Trinajstić information content (AvgIpc) is 3.20. The van der Waals surface area contributed by atoms with Crippen LogP contribution in [0.25, 0.3) is 68.1 Å². The maximum absolute atomic E-state index is 4.75. The predicted molar refractivity (Wildman–Crippen MR) is 188 cm³/mol. The zero-order valence-electron chi connectivity index (χ0n) is 26.1. The molecule has 0 aliphatic heterocycles. The van der Waals surface area contributed by atoms with E-state index in [9.17, 15) is 0 Å². The smallest absolute Gasteiger partial charge is 0.253 e. The molecular weight excluding hydrogens is 788 g/mol. The van der Waals surface area contributed by atoms with Gasteiger partial charge in [0.25, 0.3) is 0 Å². The molecule has 0 N–H and O–H groups in total. The Balaban J connectivity index is 0.000000167. The van der Waals surface area contributed by atoms with Gasteiger partial charge < -0.3 is 0 Å². The van der Waals surface area contributed by atoms with Crippen molar-refractivity contribution in [1.29, 1.82) is 0 Å². The molecule has 4 heterocycles. The standard InChI is InChI=1S/2C20H14N4.Pt/c2*1-3-9-15(10-4-1)18-19(16-11-5-2-6-12-16)23-24-20(22-18)17-13-7-8-14-21-17;/h2*1-14H;/q;;+2. The van der Waals surface area contributed by atoms with Gasteiger partial charge in [0.2, 0.25) is 11.6 Å². The Morgan fingerprint density at radius 2 is 0.592 bits per heavy atom. The number of hydrogen-bond acceptors (Lipinski definition) is 8. The molecule has 49 heavy (non-hydrogen) atoms. The molecule has 9 heteroatoms. The molecule has 0 saturated carbocycles. The van der Waals surface area contributed by atoms with E-state index < -0.39 is 0 Å². The summed E-state index contributed by atoms with van der Waals surface area (Å²) in [6.45, 7) is 0. The van der Waals surface area contributed by atoms with Crippen LogP contribution < -0.4 is 0 Å². The fraction of sp³-hybridized carbons (Fsp3) is 0. The van der Waals surface area contributed by atoms with E-state index in [1.165, 1.54) is 0 Å². The van der Waals surface area contributed by atoms with E-state index in [1.807, 2.05) is 158 Å². The number of pyridine rings is 2. The van der Waals surface area contributed by atoms with Crippen molar-refractivity contribution in [3.63, 3.8) is 0 Å². The molecule has 0 aliphatic rings. The molecule has 0 saturated heterocycles. The van der Waals surface area contributed by atoms with E-state index in [4.69, 9.17) is 9.97 Å². The van der Waals surface area contributed by atoms with Crippen molar-refractivity contribution in [3.05, 3.63) is 170 Å². The van der Waals surface area contributed by atoms with Crippen molar-refractivity contribution in [1.82, 2.24) is 40.3 Å². The van der Waals surface area contributed by atoms with Crippen molar-refractivity contribution in [2.45, 2.75) is 0 Å². The third-order valence-electron chi connectivity index (χ3n) is 7.35. The maximum atomic E-state index is 4.75. The van der Waals surface area contributed by atoms with Gasteiger partial charge in [-0.25, -0.2) is 9.97 Å². The van der Waals surface area contributed by atoms with Crippen LogP contribution in [0.1, 0.15) is 0 Å². The van der Waals surface area contributed by atoms with E-state index in [2.05, 4.69) is 30.4 Å². The number of rotatable bonds is 6. The summed E-state index contributed by atoms with van der Waals surface area (Å²) >= 11 is 0. The van der Waals surface area contributed by atoms with Crippen molar-refractivity contribution in [2.24, 2.45) is 0 Å². The van der Waals surface area contributed by atoms with Crippen molar-refractivity contribution in [3.8, 4) is 68.1 Å². The normalized spacial score (nSPS) is 10.3. The summed E-state index contributed by atoms with van der Waals surface area (Å²) in [4.78, 5) is 18.1. The van der Waals surface area contributed by atoms with Crippen molar-refractivity contribution >= 4 is 0 Å². The van der Waals surface area contributed by atoms with E-state index in [0.29, 0.717) is 23.0 Å². The summed E-state index contributed by atoms with van der Waals surface area (Å²) in [5, 5.41) is 17.5. The molecule has 0 spiro atoms. The largest absolute Gasteiger partial charge is 2.00 e. The van der Waals surface area contributed by atoms with Crippen LogP contribution in [-0.4, -0.2) is 40.3 Å². The molecule has 0 fully saturated rings. The third-order valence-corrected chi connectivity index (χ3v) is 7.35. The second-order valence-corrected chi connectivity index (χ2v) is 10.6. The quantitative estimate of drug-likeness (QED) is 0.165. The molecular formula is C40H28N8Pt+2. The molecule has 0 atom stereocenters. The van der Waals surface area contributed by atoms with Crippen LogP contribution in [-0.2, 0) is 21.1 Å². The molecule has 8 rings (SSSR count). The zero-order valence-corrected chi connectivity index (χ0v) is 28.3. The van der Waals surface area contributed by atoms with Gasteiger partial charge in [0, 0.05) is 34.6 Å². The van der Waals surface area contributed by atoms with Crippen LogP contribution in [0.4, 0.5) is 0 Å². The van der Waals surface area contributed by atoms with Gasteiger partial charge >= 0.3 is 21.1 Å². The maximum Gasteiger partial charge on any atom is 2.00 e. The minimum absolute atomic E-state index is 0. The van der Waals surface area contributed by atoms with Crippen LogP contribution in [0.3, 0.4) is 0 Å². The zero-order chi connectivity index (χ0) is 32.4. The number of benzene rings is 4. The third kappa shape index (κ3) is 7.89. The Morgan fingerprint density at radius 3 is 0.898 bits per heavy atom. The van der Waals surface area contributed by atoms with Crippen LogP contribution >= 0.6 is 0 Å². The van der Waals surface area contributed by atoms with Crippen LogP contribution in [0.2, 0.25) is 0 Å². The summed E-state index contributed by atoms with van der Waals surface area (Å²) in [6, 6.07) is 51.3. The van der Waals surface area contributed by atoms with Gasteiger partial charge in [0.1, 0.15) is 34.2 Å². The average molecular weight is 816 g/mol. The van der Waals surface area contributed by atoms with Crippen LogP contribution in [0.15, 0.2) is 170 Å². The molecule has 4 aromatic carbocycles. The van der Waals surface area contributed by atoms with E-state index in [0.717, 1.165) is 45.0 Å². The molecule has 0 unspecified atom stereocenters. The first-order chi connectivity index (χ1) is 23.8. The Morgan fingerprint density at radius 1 is 0.286 bits per heavy atom. The van der Waals surface area contributed by atoms with Gasteiger partial charge in [-0.1, -0.05) is 133 Å². The minimum atomic E-state index is 0. The van der Waals surface area contributed by atoms with Gasteiger partial charge in [0.15, 0.2) is 0 Å². The number of aromatic nitrogens is 8. The van der Waals surface area contributed by atoms with Gasteiger partial charge in [-0.05, 0) is 24.3 Å². The number of hydrogen-bond donors (Lipinski definition) is 0. The van der Waals surface area contributed by atoms with E-state index >= 15 is 0 Å². The molecule has 0 bridgehead atoms. The Bertz CT molecular complexity index is 2050. The van der Waals surface area contributed by atoms with Crippen molar-refractivity contribution < 1.29 is 21.1 Å². The monoisotopic (exact) mass is 815 g/mol. The number of nitrogens with zero attached hydrogens (tertiary/aromatic N) is 8. The van der Waals surface area contributed by atoms with Crippen LogP contribution in [0.5, 0.6) is 0 Å². The summed E-state index contributed by atoms with van der Waals surface area (Å²) in [7, 11) is 0. The summed E-state index contributed by atoms with van der Waals surface area (Å²) in [6.07, 6.45) is 3.46. The summed E-state index contributed by atoms with van der Waals surface area (Å²) in [5.74, 6) is 1.04. The molecule has 0 aliphatic carbocycles. The molecule has 8 aromatic rings. The summed E-state index contributed by atoms with van der Waals surface area (Å²) < 4.78 is 0. The SMILES string of the molecule is [Pt+2].c1ccc(-c2nnc(-c3ccccn3)nc2-c2ccccc2)cc1.c1ccc(-c2nnc(-c3ccccn3)nc2-c2ccccc2)cc1. The Labute approximate surface area is 298 Å². The predicted octanol–water partition coefficient (Wildman–Crippen LogP) is 8.53. The second kappa shape index (κ2) is 16.1. The Kier molecular flexibility index (Phi) is 10.8. The first-order valence-electron chi connectivity index (χ1n) is 15.4. The van der Waals surface area contributed by atoms with E-state index in [1.54, 1.807) is 12.4 Å². The van der Waals surface area contributed by atoms with Gasteiger partial charge in [-0.2, -0.15) is 0 Å². The molecule has 236 valence electrons. The van der Waals surface area contributed by atoms with Gasteiger partial charge in [0.05, 0.1) is 0 Å². The minimum Gasteiger partial charge on any atom is -0.253 e. The fourth-order valence-corrected chi connectivity index (χ4v) is 5.03. The topological polar surface area (TPSA) is 103 Å². The van der Waals surface area contributed by atoms with Crippen molar-refractivity contribution in [2.75, 3.05) is 0 Å². The second-order valence-electron chi connectivity index (χ2n) is 10.6. The first kappa shape index (κ1) is 32.8. The molecule has 0 radical (unpaired) electrons. The Hall–Kier alpha value is -6.11. The first-order valence-corrected chi connectivity index (χ1v) is 15.4. The molecule has 0 amide bonds. The summed E-state index contributed by atoms with van der Waals surface area (Å²) in [5.41, 5.74) is 8.54. The molecule has 4 aromatic heterocycles. The molecule has 8 nitrogen and oxygen atoms in total. The van der Waals surface area contributed by atoms with Crippen LogP contribution in [0, 0.1) is 0 Å². The fourth-order valence-electron chi connectivity index (χ4n) is 5.03.